The molecule has 2 N–H and O–H groups in total. The van der Waals surface area contributed by atoms with Crippen molar-refractivity contribution < 1.29 is 4.43 Å². The van der Waals surface area contributed by atoms with Crippen molar-refractivity contribution in [2.75, 3.05) is 6.54 Å². The van der Waals surface area contributed by atoms with Gasteiger partial charge in [0.05, 0.1) is 6.10 Å². The molecule has 2 nitrogen and oxygen atoms in total. The van der Waals surface area contributed by atoms with Crippen molar-refractivity contribution in [1.29, 1.82) is 0 Å². The van der Waals surface area contributed by atoms with Gasteiger partial charge < -0.3 is 10.2 Å². The molecule has 0 aromatic heterocycles. The molecule has 0 saturated carbocycles. The van der Waals surface area contributed by atoms with E-state index in [4.69, 9.17) is 33.4 Å². The lowest BCUT2D eigenvalue weighted by Gasteiger charge is -2.33. The zero-order chi connectivity index (χ0) is 15.3. The van der Waals surface area contributed by atoms with E-state index in [1.165, 1.54) is 0 Å². The van der Waals surface area contributed by atoms with Crippen LogP contribution in [0, 0.1) is 6.92 Å². The number of nitrogens with two attached hydrogens (primary N) is 1. The maximum atomic E-state index is 6.47. The largest absolute Gasteiger partial charge is 0.409 e. The molecule has 20 heavy (non-hydrogen) atoms. The van der Waals surface area contributed by atoms with Crippen LogP contribution in [0.1, 0.15) is 38.0 Å². The molecule has 0 saturated heterocycles. The van der Waals surface area contributed by atoms with Crippen molar-refractivity contribution in [3.05, 3.63) is 33.3 Å². The molecular weight excluding hydrogens is 309 g/mol. The Bertz CT molecular complexity index is 418. The van der Waals surface area contributed by atoms with Gasteiger partial charge in [0, 0.05) is 22.2 Å². The van der Waals surface area contributed by atoms with E-state index in [1.807, 2.05) is 19.1 Å². The van der Waals surface area contributed by atoms with Gasteiger partial charge in [0.1, 0.15) is 0 Å². The Balaban J connectivity index is 3.14. The predicted molar refractivity (Wildman–Crippen MR) is 91.3 cm³/mol. The fourth-order valence-electron chi connectivity index (χ4n) is 2.55. The Kier molecular flexibility index (Phi) is 7.02. The first-order chi connectivity index (χ1) is 9.42. The monoisotopic (exact) mass is 333 g/mol. The standard InChI is InChI=1S/C15H25Cl2NOSi/c1-5-20(6-2,7-3)19-14(10-18)15-12(16)8-11(4)9-13(15)17/h8-9,14H,5-7,10,18H2,1-4H3/t14-/m0/s1. The highest BCUT2D eigenvalue weighted by molar-refractivity contribution is 6.73. The molecule has 0 bridgehead atoms. The molecule has 1 aromatic rings. The van der Waals surface area contributed by atoms with Gasteiger partial charge in [-0.05, 0) is 42.8 Å². The van der Waals surface area contributed by atoms with E-state index in [2.05, 4.69) is 20.8 Å². The van der Waals surface area contributed by atoms with Crippen LogP contribution in [0.4, 0.5) is 0 Å². The summed E-state index contributed by atoms with van der Waals surface area (Å²) >= 11 is 12.7. The number of benzene rings is 1. The Morgan fingerprint density at radius 1 is 1.10 bits per heavy atom. The summed E-state index contributed by atoms with van der Waals surface area (Å²) < 4.78 is 6.47. The number of hydrogen-bond donors (Lipinski definition) is 1. The van der Waals surface area contributed by atoms with Gasteiger partial charge in [0.25, 0.3) is 0 Å². The second-order valence-corrected chi connectivity index (χ2v) is 10.8. The average Bonchev–Trinajstić information content (AvgIpc) is 2.42. The van der Waals surface area contributed by atoms with Gasteiger partial charge in [-0.2, -0.15) is 0 Å². The molecule has 114 valence electrons. The van der Waals surface area contributed by atoms with Crippen LogP contribution in [0.3, 0.4) is 0 Å². The lowest BCUT2D eigenvalue weighted by molar-refractivity contribution is 0.198. The van der Waals surface area contributed by atoms with Gasteiger partial charge >= 0.3 is 0 Å². The van der Waals surface area contributed by atoms with E-state index in [1.54, 1.807) is 0 Å². The lowest BCUT2D eigenvalue weighted by Crippen LogP contribution is -2.39. The first-order valence-electron chi connectivity index (χ1n) is 7.26. The van der Waals surface area contributed by atoms with Crippen LogP contribution in [0.25, 0.3) is 0 Å². The van der Waals surface area contributed by atoms with Crippen molar-refractivity contribution in [1.82, 2.24) is 0 Å². The van der Waals surface area contributed by atoms with Crippen LogP contribution in [0.5, 0.6) is 0 Å². The van der Waals surface area contributed by atoms with Crippen LogP contribution in [-0.2, 0) is 4.43 Å². The SMILES string of the molecule is CC[Si](CC)(CC)O[C@@H](CN)c1c(Cl)cc(C)cc1Cl. The molecule has 0 fully saturated rings. The summed E-state index contributed by atoms with van der Waals surface area (Å²) in [6.45, 7) is 8.97. The van der Waals surface area contributed by atoms with E-state index in [-0.39, 0.29) is 6.10 Å². The number of rotatable bonds is 7. The van der Waals surface area contributed by atoms with Crippen LogP contribution in [0.2, 0.25) is 28.2 Å². The third-order valence-corrected chi connectivity index (χ3v) is 9.36. The van der Waals surface area contributed by atoms with Crippen molar-refractivity contribution in [3.8, 4) is 0 Å². The summed E-state index contributed by atoms with van der Waals surface area (Å²) in [5, 5.41) is 1.30. The molecule has 0 unspecified atom stereocenters. The fourth-order valence-corrected chi connectivity index (χ4v) is 6.20. The first-order valence-corrected chi connectivity index (χ1v) is 10.5. The van der Waals surface area contributed by atoms with Crippen LogP contribution < -0.4 is 5.73 Å². The minimum Gasteiger partial charge on any atom is -0.409 e. The molecular formula is C15H25Cl2NOSi. The third kappa shape index (κ3) is 3.98. The van der Waals surface area contributed by atoms with Gasteiger partial charge in [0.2, 0.25) is 0 Å². The molecule has 0 aliphatic heterocycles. The normalized spacial score (nSPS) is 13.6. The smallest absolute Gasteiger partial charge is 0.192 e. The summed E-state index contributed by atoms with van der Waals surface area (Å²) in [6.07, 6.45) is -0.206. The molecule has 0 aliphatic carbocycles. The molecule has 0 aliphatic rings. The molecule has 1 rings (SSSR count). The van der Waals surface area contributed by atoms with Crippen molar-refractivity contribution >= 4 is 31.5 Å². The second kappa shape index (κ2) is 7.81. The van der Waals surface area contributed by atoms with E-state index in [0.717, 1.165) is 29.3 Å². The zero-order valence-corrected chi connectivity index (χ0v) is 15.3. The molecule has 1 aromatic carbocycles. The Morgan fingerprint density at radius 3 is 1.90 bits per heavy atom. The highest BCUT2D eigenvalue weighted by atomic mass is 35.5. The Labute approximate surface area is 133 Å². The molecule has 0 amide bonds. The second-order valence-electron chi connectivity index (χ2n) is 5.23. The summed E-state index contributed by atoms with van der Waals surface area (Å²) in [5.74, 6) is 0. The maximum absolute atomic E-state index is 6.47. The molecule has 5 heteroatoms. The molecule has 0 radical (unpaired) electrons. The van der Waals surface area contributed by atoms with Gasteiger partial charge in [-0.25, -0.2) is 0 Å². The van der Waals surface area contributed by atoms with E-state index >= 15 is 0 Å². The third-order valence-electron chi connectivity index (χ3n) is 4.08. The summed E-state index contributed by atoms with van der Waals surface area (Å²) in [5.41, 5.74) is 7.82. The van der Waals surface area contributed by atoms with Crippen molar-refractivity contribution in [3.63, 3.8) is 0 Å². The summed E-state index contributed by atoms with van der Waals surface area (Å²) in [4.78, 5) is 0. The van der Waals surface area contributed by atoms with Gasteiger partial charge in [-0.15, -0.1) is 0 Å². The average molecular weight is 334 g/mol. The minimum absolute atomic E-state index is 0.206. The van der Waals surface area contributed by atoms with E-state index in [0.29, 0.717) is 16.6 Å². The Morgan fingerprint density at radius 2 is 1.55 bits per heavy atom. The Hall–Kier alpha value is -0.0631. The fraction of sp³-hybridized carbons (Fsp3) is 0.600. The maximum Gasteiger partial charge on any atom is 0.192 e. The quantitative estimate of drug-likeness (QED) is 0.685. The van der Waals surface area contributed by atoms with Gasteiger partial charge in [0.15, 0.2) is 8.32 Å². The number of halogens is 2. The van der Waals surface area contributed by atoms with Crippen molar-refractivity contribution in [2.24, 2.45) is 5.73 Å². The van der Waals surface area contributed by atoms with Crippen LogP contribution in [0.15, 0.2) is 12.1 Å². The van der Waals surface area contributed by atoms with E-state index in [9.17, 15) is 0 Å². The highest BCUT2D eigenvalue weighted by Gasteiger charge is 2.33. The minimum atomic E-state index is -1.74. The summed E-state index contributed by atoms with van der Waals surface area (Å²) in [7, 11) is -1.74. The van der Waals surface area contributed by atoms with Crippen molar-refractivity contribution in [2.45, 2.75) is 51.9 Å². The predicted octanol–water partition coefficient (Wildman–Crippen LogP) is 5.32. The lowest BCUT2D eigenvalue weighted by atomic mass is 10.1. The molecule has 0 heterocycles. The van der Waals surface area contributed by atoms with Crippen LogP contribution >= 0.6 is 23.2 Å². The highest BCUT2D eigenvalue weighted by Crippen LogP contribution is 2.37. The number of aryl methyl sites for hydroxylation is 1. The topological polar surface area (TPSA) is 35.2 Å². The molecule has 1 atom stereocenters. The zero-order valence-electron chi connectivity index (χ0n) is 12.8. The van der Waals surface area contributed by atoms with Crippen LogP contribution in [-0.4, -0.2) is 14.9 Å². The van der Waals surface area contributed by atoms with Gasteiger partial charge in [-0.3, -0.25) is 0 Å². The van der Waals surface area contributed by atoms with Gasteiger partial charge in [-0.1, -0.05) is 44.0 Å². The number of hydrogen-bond acceptors (Lipinski definition) is 2. The van der Waals surface area contributed by atoms with E-state index < -0.39 is 8.32 Å². The molecule has 0 spiro atoms. The first kappa shape index (κ1) is 18.0. The summed E-state index contributed by atoms with van der Waals surface area (Å²) in [6, 6.07) is 7.08.